The number of anilines is 2. The van der Waals surface area contributed by atoms with Gasteiger partial charge < -0.3 is 15.5 Å². The maximum atomic E-state index is 13.0. The molecule has 2 N–H and O–H groups in total. The average molecular weight is 558 g/mol. The van der Waals surface area contributed by atoms with E-state index in [4.69, 9.17) is 11.6 Å². The third kappa shape index (κ3) is 4.72. The van der Waals surface area contributed by atoms with Crippen LogP contribution in [-0.4, -0.2) is 30.6 Å². The van der Waals surface area contributed by atoms with Gasteiger partial charge in [-0.3, -0.25) is 0 Å². The van der Waals surface area contributed by atoms with Crippen molar-refractivity contribution in [3.63, 3.8) is 0 Å². The van der Waals surface area contributed by atoms with E-state index in [1.54, 1.807) is 0 Å². The summed E-state index contributed by atoms with van der Waals surface area (Å²) < 4.78 is 0. The third-order valence-corrected chi connectivity index (χ3v) is 9.37. The Morgan fingerprint density at radius 3 is 2.37 bits per heavy atom. The van der Waals surface area contributed by atoms with E-state index in [1.807, 2.05) is 30.0 Å². The number of hydrogen-bond acceptors (Lipinski definition) is 2. The molecule has 5 aromatic carbocycles. The number of amides is 2. The van der Waals surface area contributed by atoms with E-state index in [0.29, 0.717) is 5.02 Å². The number of carbonyl (C=O) groups is 1. The first-order valence-electron chi connectivity index (χ1n) is 14.3. The SMILES string of the molecule is Cc1cc(NC(=O)N2CCC3(CC2)CNc2ccc(-c4ccc(-c5cccc6ccccc56)cc4)cc23)ccc1Cl. The lowest BCUT2D eigenvalue weighted by atomic mass is 9.74. The minimum Gasteiger partial charge on any atom is -0.384 e. The van der Waals surface area contributed by atoms with Gasteiger partial charge in [0.25, 0.3) is 0 Å². The lowest BCUT2D eigenvalue weighted by Gasteiger charge is -2.39. The highest BCUT2D eigenvalue weighted by Gasteiger charge is 2.42. The van der Waals surface area contributed by atoms with Crippen LogP contribution in [0.5, 0.6) is 0 Å². The number of carbonyl (C=O) groups excluding carboxylic acids is 1. The fraction of sp³-hybridized carbons (Fsp3) is 0.194. The van der Waals surface area contributed by atoms with E-state index in [1.165, 1.54) is 44.3 Å². The second-order valence-electron chi connectivity index (χ2n) is 11.4. The Morgan fingerprint density at radius 2 is 1.56 bits per heavy atom. The number of nitrogens with one attached hydrogen (secondary N) is 2. The molecule has 1 fully saturated rings. The summed E-state index contributed by atoms with van der Waals surface area (Å²) in [5, 5.41) is 9.94. The van der Waals surface area contributed by atoms with Crippen LogP contribution in [0.25, 0.3) is 33.0 Å². The monoisotopic (exact) mass is 557 g/mol. The molecule has 0 atom stereocenters. The molecular weight excluding hydrogens is 526 g/mol. The van der Waals surface area contributed by atoms with E-state index in [2.05, 4.69) is 95.6 Å². The van der Waals surface area contributed by atoms with E-state index in [9.17, 15) is 4.79 Å². The maximum Gasteiger partial charge on any atom is 0.321 e. The molecule has 2 heterocycles. The Kier molecular flexibility index (Phi) is 6.44. The largest absolute Gasteiger partial charge is 0.384 e. The highest BCUT2D eigenvalue weighted by molar-refractivity contribution is 6.31. The second-order valence-corrected chi connectivity index (χ2v) is 11.8. The van der Waals surface area contributed by atoms with Crippen LogP contribution >= 0.6 is 11.6 Å². The lowest BCUT2D eigenvalue weighted by Crippen LogP contribution is -2.47. The first-order chi connectivity index (χ1) is 20.0. The van der Waals surface area contributed by atoms with Gasteiger partial charge in [-0.1, -0.05) is 84.4 Å². The summed E-state index contributed by atoms with van der Waals surface area (Å²) >= 11 is 6.15. The number of likely N-dealkylation sites (tertiary alicyclic amines) is 1. The molecular formula is C36H32ClN3O. The number of benzene rings is 5. The number of aryl methyl sites for hydroxylation is 1. The van der Waals surface area contributed by atoms with Crippen LogP contribution < -0.4 is 10.6 Å². The number of urea groups is 1. The van der Waals surface area contributed by atoms with Crippen molar-refractivity contribution in [2.24, 2.45) is 0 Å². The zero-order valence-electron chi connectivity index (χ0n) is 23.1. The summed E-state index contributed by atoms with van der Waals surface area (Å²) in [5.41, 5.74) is 9.30. The molecule has 204 valence electrons. The molecule has 1 spiro atoms. The predicted octanol–water partition coefficient (Wildman–Crippen LogP) is 9.13. The highest BCUT2D eigenvalue weighted by atomic mass is 35.5. The molecule has 0 aliphatic carbocycles. The number of piperidine rings is 1. The molecule has 2 aliphatic rings. The predicted molar refractivity (Wildman–Crippen MR) is 171 cm³/mol. The molecule has 0 aromatic heterocycles. The van der Waals surface area contributed by atoms with Crippen molar-refractivity contribution in [3.8, 4) is 22.3 Å². The van der Waals surface area contributed by atoms with Crippen LogP contribution in [0.4, 0.5) is 16.2 Å². The number of hydrogen-bond donors (Lipinski definition) is 2. The summed E-state index contributed by atoms with van der Waals surface area (Å²) in [6, 6.07) is 36.3. The summed E-state index contributed by atoms with van der Waals surface area (Å²) in [6.07, 6.45) is 1.87. The number of rotatable bonds is 3. The van der Waals surface area contributed by atoms with Crippen molar-refractivity contribution >= 4 is 39.8 Å². The van der Waals surface area contributed by atoms with Crippen LogP contribution in [0.15, 0.2) is 103 Å². The van der Waals surface area contributed by atoms with Gasteiger partial charge in [0.2, 0.25) is 0 Å². The minimum absolute atomic E-state index is 0.0435. The number of halogens is 1. The van der Waals surface area contributed by atoms with Crippen LogP contribution in [-0.2, 0) is 5.41 Å². The minimum atomic E-state index is -0.0483. The Bertz CT molecular complexity index is 1770. The summed E-state index contributed by atoms with van der Waals surface area (Å²) in [6.45, 7) is 4.31. The van der Waals surface area contributed by atoms with Crippen LogP contribution in [0.3, 0.4) is 0 Å². The molecule has 0 bridgehead atoms. The van der Waals surface area contributed by atoms with Gasteiger partial charge >= 0.3 is 6.03 Å². The van der Waals surface area contributed by atoms with Gasteiger partial charge in [-0.2, -0.15) is 0 Å². The molecule has 2 aliphatic heterocycles. The van der Waals surface area contributed by atoms with Crippen molar-refractivity contribution in [2.75, 3.05) is 30.3 Å². The first-order valence-corrected chi connectivity index (χ1v) is 14.7. The molecule has 0 radical (unpaired) electrons. The lowest BCUT2D eigenvalue weighted by molar-refractivity contribution is 0.174. The molecule has 5 aromatic rings. The van der Waals surface area contributed by atoms with Crippen molar-refractivity contribution < 1.29 is 4.79 Å². The molecule has 41 heavy (non-hydrogen) atoms. The Hall–Kier alpha value is -4.28. The van der Waals surface area contributed by atoms with E-state index >= 15 is 0 Å². The summed E-state index contributed by atoms with van der Waals surface area (Å²) in [7, 11) is 0. The van der Waals surface area contributed by atoms with Crippen LogP contribution in [0.2, 0.25) is 5.02 Å². The third-order valence-electron chi connectivity index (χ3n) is 8.94. The van der Waals surface area contributed by atoms with Gasteiger partial charge in [0.1, 0.15) is 0 Å². The number of nitrogens with zero attached hydrogens (tertiary/aromatic N) is 1. The van der Waals surface area contributed by atoms with E-state index in [-0.39, 0.29) is 11.4 Å². The van der Waals surface area contributed by atoms with Gasteiger partial charge in [0.15, 0.2) is 0 Å². The maximum absolute atomic E-state index is 13.0. The zero-order valence-corrected chi connectivity index (χ0v) is 23.8. The highest BCUT2D eigenvalue weighted by Crippen LogP contribution is 2.45. The topological polar surface area (TPSA) is 44.4 Å². The van der Waals surface area contributed by atoms with Gasteiger partial charge in [-0.25, -0.2) is 4.79 Å². The Morgan fingerprint density at radius 1 is 0.829 bits per heavy atom. The molecule has 0 unspecified atom stereocenters. The van der Waals surface area contributed by atoms with Crippen molar-refractivity contribution in [1.29, 1.82) is 0 Å². The average Bonchev–Trinajstić information content (AvgIpc) is 3.36. The fourth-order valence-electron chi connectivity index (χ4n) is 6.50. The van der Waals surface area contributed by atoms with Crippen LogP contribution in [0, 0.1) is 6.92 Å². The van der Waals surface area contributed by atoms with Crippen molar-refractivity contribution in [2.45, 2.75) is 25.2 Å². The molecule has 0 saturated carbocycles. The van der Waals surface area contributed by atoms with E-state index in [0.717, 1.165) is 43.7 Å². The normalized spacial score (nSPS) is 15.5. The van der Waals surface area contributed by atoms with Crippen molar-refractivity contribution in [3.05, 3.63) is 119 Å². The molecule has 7 rings (SSSR count). The summed E-state index contributed by atoms with van der Waals surface area (Å²) in [4.78, 5) is 15.0. The second kappa shape index (κ2) is 10.3. The Labute approximate surface area is 246 Å². The van der Waals surface area contributed by atoms with Gasteiger partial charge in [0, 0.05) is 41.4 Å². The van der Waals surface area contributed by atoms with Crippen molar-refractivity contribution in [1.82, 2.24) is 4.90 Å². The smallest absolute Gasteiger partial charge is 0.321 e. The van der Waals surface area contributed by atoms with Gasteiger partial charge in [0.05, 0.1) is 0 Å². The standard InChI is InChI=1S/C36H32ClN3O/c1-24-21-29(14-15-33(24)37)39-35(41)40-19-17-36(18-20-40)23-38-34-16-13-28(22-32(34)36)25-9-11-27(12-10-25)31-8-4-6-26-5-2-3-7-30(26)31/h2-16,21-22,38H,17-20,23H2,1H3,(H,39,41). The Balaban J connectivity index is 1.09. The van der Waals surface area contributed by atoms with Gasteiger partial charge in [-0.15, -0.1) is 0 Å². The fourth-order valence-corrected chi connectivity index (χ4v) is 6.62. The van der Waals surface area contributed by atoms with E-state index < -0.39 is 0 Å². The molecule has 4 nitrogen and oxygen atoms in total. The quantitative estimate of drug-likeness (QED) is 0.232. The summed E-state index contributed by atoms with van der Waals surface area (Å²) in [5.74, 6) is 0. The molecule has 5 heteroatoms. The van der Waals surface area contributed by atoms with Gasteiger partial charge in [-0.05, 0) is 94.3 Å². The first kappa shape index (κ1) is 25.7. The van der Waals surface area contributed by atoms with Crippen LogP contribution in [0.1, 0.15) is 24.0 Å². The molecule has 2 amide bonds. The number of fused-ring (bicyclic) bond motifs is 3. The zero-order chi connectivity index (χ0) is 28.0. The molecule has 1 saturated heterocycles.